The molecule has 1 fully saturated rings. The smallest absolute Gasteiger partial charge is 0.238 e. The summed E-state index contributed by atoms with van der Waals surface area (Å²) in [6.07, 6.45) is 2.36. The van der Waals surface area contributed by atoms with Crippen LogP contribution in [0.3, 0.4) is 0 Å². The molecule has 0 bridgehead atoms. The van der Waals surface area contributed by atoms with Crippen LogP contribution in [-0.4, -0.2) is 47.1 Å². The van der Waals surface area contributed by atoms with E-state index in [0.29, 0.717) is 30.3 Å². The summed E-state index contributed by atoms with van der Waals surface area (Å²) in [5.41, 5.74) is 1.20. The Morgan fingerprint density at radius 3 is 2.58 bits per heavy atom. The third kappa shape index (κ3) is 3.61. The second-order valence-corrected chi connectivity index (χ2v) is 6.19. The van der Waals surface area contributed by atoms with E-state index in [4.69, 9.17) is 8.94 Å². The third-order valence-corrected chi connectivity index (χ3v) is 4.52. The number of furan rings is 1. The van der Waals surface area contributed by atoms with Crippen LogP contribution in [0.4, 0.5) is 5.69 Å². The summed E-state index contributed by atoms with van der Waals surface area (Å²) in [6.45, 7) is 3.16. The number of aromatic nitrogens is 2. The molecule has 26 heavy (non-hydrogen) atoms. The molecule has 3 heterocycles. The molecular formula is C19H20N4O3. The monoisotopic (exact) mass is 352 g/mol. The molecule has 0 saturated carbocycles. The Morgan fingerprint density at radius 2 is 1.85 bits per heavy atom. The highest BCUT2D eigenvalue weighted by atomic mass is 16.5. The highest BCUT2D eigenvalue weighted by molar-refractivity contribution is 5.76. The molecule has 134 valence electrons. The molecule has 0 atom stereocenters. The van der Waals surface area contributed by atoms with E-state index in [-0.39, 0.29) is 5.91 Å². The molecule has 0 radical (unpaired) electrons. The van der Waals surface area contributed by atoms with Gasteiger partial charge in [0, 0.05) is 44.7 Å². The van der Waals surface area contributed by atoms with Crippen LogP contribution in [0, 0.1) is 0 Å². The lowest BCUT2D eigenvalue weighted by atomic mass is 10.2. The van der Waals surface area contributed by atoms with Gasteiger partial charge in [-0.1, -0.05) is 23.4 Å². The Labute approximate surface area is 151 Å². The number of rotatable bonds is 5. The molecule has 0 N–H and O–H groups in total. The normalized spacial score (nSPS) is 14.6. The lowest BCUT2D eigenvalue weighted by Crippen LogP contribution is -2.48. The molecule has 7 nitrogen and oxygen atoms in total. The van der Waals surface area contributed by atoms with Crippen molar-refractivity contribution in [1.82, 2.24) is 15.0 Å². The van der Waals surface area contributed by atoms with Gasteiger partial charge in [0.15, 0.2) is 5.76 Å². The first-order valence-corrected chi connectivity index (χ1v) is 8.74. The number of hydrogen-bond donors (Lipinski definition) is 0. The number of aryl methyl sites for hydroxylation is 1. The van der Waals surface area contributed by atoms with E-state index in [1.54, 1.807) is 18.4 Å². The predicted molar refractivity (Wildman–Crippen MR) is 95.6 cm³/mol. The number of para-hydroxylation sites is 1. The van der Waals surface area contributed by atoms with E-state index in [0.717, 1.165) is 26.2 Å². The molecule has 0 spiro atoms. The number of anilines is 1. The number of amides is 1. The van der Waals surface area contributed by atoms with Gasteiger partial charge >= 0.3 is 0 Å². The van der Waals surface area contributed by atoms with Crippen molar-refractivity contribution < 1.29 is 13.7 Å². The SMILES string of the molecule is O=C(CCc1nc(-c2ccco2)no1)N1CCN(c2ccccc2)CC1. The quantitative estimate of drug-likeness (QED) is 0.703. The van der Waals surface area contributed by atoms with Gasteiger partial charge in [-0.2, -0.15) is 4.98 Å². The first-order chi connectivity index (χ1) is 12.8. The Kier molecular flexibility index (Phi) is 4.68. The molecule has 1 saturated heterocycles. The van der Waals surface area contributed by atoms with Crippen molar-refractivity contribution in [3.8, 4) is 11.6 Å². The summed E-state index contributed by atoms with van der Waals surface area (Å²) in [6, 6.07) is 13.8. The highest BCUT2D eigenvalue weighted by Gasteiger charge is 2.22. The first kappa shape index (κ1) is 16.4. The molecule has 0 aliphatic carbocycles. The second kappa shape index (κ2) is 7.43. The van der Waals surface area contributed by atoms with Crippen molar-refractivity contribution in [3.63, 3.8) is 0 Å². The van der Waals surface area contributed by atoms with Crippen molar-refractivity contribution in [2.45, 2.75) is 12.8 Å². The van der Waals surface area contributed by atoms with Crippen LogP contribution in [-0.2, 0) is 11.2 Å². The first-order valence-electron chi connectivity index (χ1n) is 8.74. The van der Waals surface area contributed by atoms with Crippen molar-refractivity contribution in [2.75, 3.05) is 31.1 Å². The molecule has 1 aliphatic rings. The maximum Gasteiger partial charge on any atom is 0.238 e. The zero-order valence-corrected chi connectivity index (χ0v) is 14.4. The maximum atomic E-state index is 12.4. The lowest BCUT2D eigenvalue weighted by molar-refractivity contribution is -0.131. The van der Waals surface area contributed by atoms with E-state index >= 15 is 0 Å². The topological polar surface area (TPSA) is 75.6 Å². The minimum atomic E-state index is 0.121. The van der Waals surface area contributed by atoms with Gasteiger partial charge in [-0.15, -0.1) is 0 Å². The third-order valence-electron chi connectivity index (χ3n) is 4.52. The summed E-state index contributed by atoms with van der Waals surface area (Å²) < 4.78 is 10.4. The highest BCUT2D eigenvalue weighted by Crippen LogP contribution is 2.18. The van der Waals surface area contributed by atoms with Crippen molar-refractivity contribution in [3.05, 3.63) is 54.6 Å². The van der Waals surface area contributed by atoms with Gasteiger partial charge in [-0.3, -0.25) is 4.79 Å². The average molecular weight is 352 g/mol. The molecule has 0 unspecified atom stereocenters. The zero-order valence-electron chi connectivity index (χ0n) is 14.4. The van der Waals surface area contributed by atoms with E-state index < -0.39 is 0 Å². The number of nitrogens with zero attached hydrogens (tertiary/aromatic N) is 4. The fourth-order valence-electron chi connectivity index (χ4n) is 3.09. The molecule has 7 heteroatoms. The Hall–Kier alpha value is -3.09. The number of carbonyl (C=O) groups excluding carboxylic acids is 1. The van der Waals surface area contributed by atoms with Crippen LogP contribution < -0.4 is 4.90 Å². The zero-order chi connectivity index (χ0) is 17.8. The van der Waals surface area contributed by atoms with Gasteiger partial charge in [-0.05, 0) is 24.3 Å². The van der Waals surface area contributed by atoms with Gasteiger partial charge in [0.1, 0.15) is 0 Å². The molecule has 3 aromatic rings. The van der Waals surface area contributed by atoms with Crippen LogP contribution in [0.1, 0.15) is 12.3 Å². The van der Waals surface area contributed by atoms with E-state index in [1.165, 1.54) is 5.69 Å². The standard InChI is InChI=1S/C19H20N4O3/c24-18(9-8-17-20-19(21-26-17)16-7-4-14-25-16)23-12-10-22(11-13-23)15-5-2-1-3-6-15/h1-7,14H,8-13H2. The summed E-state index contributed by atoms with van der Waals surface area (Å²) in [5, 5.41) is 3.88. The minimum absolute atomic E-state index is 0.121. The second-order valence-electron chi connectivity index (χ2n) is 6.19. The Bertz CT molecular complexity index is 837. The van der Waals surface area contributed by atoms with Gasteiger partial charge < -0.3 is 18.7 Å². The van der Waals surface area contributed by atoms with Crippen molar-refractivity contribution >= 4 is 11.6 Å². The summed E-state index contributed by atoms with van der Waals surface area (Å²) in [4.78, 5) is 20.9. The minimum Gasteiger partial charge on any atom is -0.461 e. The van der Waals surface area contributed by atoms with Crippen LogP contribution in [0.15, 0.2) is 57.7 Å². The van der Waals surface area contributed by atoms with Gasteiger partial charge in [0.25, 0.3) is 0 Å². The lowest BCUT2D eigenvalue weighted by Gasteiger charge is -2.36. The Morgan fingerprint density at radius 1 is 1.04 bits per heavy atom. The maximum absolute atomic E-state index is 12.4. The molecule has 4 rings (SSSR count). The van der Waals surface area contributed by atoms with Crippen LogP contribution in [0.25, 0.3) is 11.6 Å². The van der Waals surface area contributed by atoms with Crippen molar-refractivity contribution in [1.29, 1.82) is 0 Å². The van der Waals surface area contributed by atoms with Crippen LogP contribution in [0.5, 0.6) is 0 Å². The summed E-state index contributed by atoms with van der Waals surface area (Å²) in [5.74, 6) is 1.54. The molecule has 1 aromatic carbocycles. The van der Waals surface area contributed by atoms with E-state index in [9.17, 15) is 4.79 Å². The summed E-state index contributed by atoms with van der Waals surface area (Å²) in [7, 11) is 0. The van der Waals surface area contributed by atoms with E-state index in [1.807, 2.05) is 23.1 Å². The number of piperazine rings is 1. The fraction of sp³-hybridized carbons (Fsp3) is 0.316. The van der Waals surface area contributed by atoms with Crippen LogP contribution >= 0.6 is 0 Å². The largest absolute Gasteiger partial charge is 0.461 e. The average Bonchev–Trinajstić information content (AvgIpc) is 3.38. The number of benzene rings is 1. The summed E-state index contributed by atoms with van der Waals surface area (Å²) >= 11 is 0. The molecule has 1 amide bonds. The van der Waals surface area contributed by atoms with Gasteiger partial charge in [0.2, 0.25) is 17.6 Å². The van der Waals surface area contributed by atoms with Gasteiger partial charge in [0.05, 0.1) is 6.26 Å². The predicted octanol–water partition coefficient (Wildman–Crippen LogP) is 2.61. The molecule has 1 aliphatic heterocycles. The number of carbonyl (C=O) groups is 1. The molecular weight excluding hydrogens is 332 g/mol. The number of hydrogen-bond acceptors (Lipinski definition) is 6. The van der Waals surface area contributed by atoms with Crippen LogP contribution in [0.2, 0.25) is 0 Å². The fourth-order valence-corrected chi connectivity index (χ4v) is 3.09. The van der Waals surface area contributed by atoms with Gasteiger partial charge in [-0.25, -0.2) is 0 Å². The molecule has 2 aromatic heterocycles. The van der Waals surface area contributed by atoms with E-state index in [2.05, 4.69) is 27.2 Å². The Balaban J connectivity index is 1.27. The van der Waals surface area contributed by atoms with Crippen molar-refractivity contribution in [2.24, 2.45) is 0 Å².